The molecule has 2 atom stereocenters. The molecule has 0 bridgehead atoms. The van der Waals surface area contributed by atoms with E-state index in [0.717, 1.165) is 38.2 Å². The van der Waals surface area contributed by atoms with E-state index in [0.29, 0.717) is 6.04 Å². The number of carbonyl (C=O) groups is 1. The van der Waals surface area contributed by atoms with Gasteiger partial charge in [0.25, 0.3) is 0 Å². The summed E-state index contributed by atoms with van der Waals surface area (Å²) in [6.07, 6.45) is 8.43. The molecule has 0 radical (unpaired) electrons. The van der Waals surface area contributed by atoms with Gasteiger partial charge in [0.1, 0.15) is 6.10 Å². The number of fused-ring (bicyclic) bond motifs is 1. The maximum absolute atomic E-state index is 12.3. The Kier molecular flexibility index (Phi) is 4.16. The molecule has 3 aliphatic rings. The van der Waals surface area contributed by atoms with Crippen LogP contribution in [0.3, 0.4) is 0 Å². The molecule has 2 aliphatic heterocycles. The van der Waals surface area contributed by atoms with Crippen LogP contribution >= 0.6 is 0 Å². The van der Waals surface area contributed by atoms with E-state index in [1.54, 1.807) is 6.20 Å². The molecule has 1 aliphatic carbocycles. The minimum Gasteiger partial charge on any atom is -0.442 e. The molecule has 0 N–H and O–H groups in total. The van der Waals surface area contributed by atoms with Gasteiger partial charge in [-0.25, -0.2) is 9.48 Å². The first-order valence-corrected chi connectivity index (χ1v) is 10.00. The second-order valence-electron chi connectivity index (χ2n) is 8.09. The second-order valence-corrected chi connectivity index (χ2v) is 8.09. The van der Waals surface area contributed by atoms with E-state index in [1.165, 1.54) is 24.0 Å². The van der Waals surface area contributed by atoms with E-state index in [-0.39, 0.29) is 18.2 Å². The Morgan fingerprint density at radius 1 is 1.22 bits per heavy atom. The highest BCUT2D eigenvalue weighted by atomic mass is 16.6. The zero-order valence-electron chi connectivity index (χ0n) is 15.8. The van der Waals surface area contributed by atoms with Gasteiger partial charge in [-0.2, -0.15) is 5.10 Å². The number of nitrogens with zero attached hydrogens (tertiary/aromatic N) is 4. The fraction of sp³-hybridized carbons (Fsp3) is 0.524. The van der Waals surface area contributed by atoms with E-state index in [1.807, 2.05) is 16.9 Å². The molecule has 1 amide bonds. The molecule has 1 aromatic heterocycles. The lowest BCUT2D eigenvalue weighted by atomic mass is 10.1. The van der Waals surface area contributed by atoms with Gasteiger partial charge in [-0.3, -0.25) is 9.80 Å². The number of carbonyl (C=O) groups excluding carboxylic acids is 1. The highest BCUT2D eigenvalue weighted by molar-refractivity contribution is 5.71. The van der Waals surface area contributed by atoms with Crippen LogP contribution in [0.1, 0.15) is 36.8 Å². The van der Waals surface area contributed by atoms with Crippen molar-refractivity contribution in [2.24, 2.45) is 0 Å². The fourth-order valence-electron chi connectivity index (χ4n) is 4.94. The molecule has 6 heteroatoms. The van der Waals surface area contributed by atoms with Gasteiger partial charge in [-0.15, -0.1) is 0 Å². The van der Waals surface area contributed by atoms with Crippen LogP contribution in [0.25, 0.3) is 5.69 Å². The molecular formula is C21H26N4O2. The minimum atomic E-state index is -0.0868. The molecule has 3 fully saturated rings. The lowest BCUT2D eigenvalue weighted by Crippen LogP contribution is -2.43. The molecule has 2 saturated heterocycles. The van der Waals surface area contributed by atoms with Crippen molar-refractivity contribution in [3.8, 4) is 5.69 Å². The monoisotopic (exact) mass is 366 g/mol. The fourth-order valence-corrected chi connectivity index (χ4v) is 4.94. The Hall–Kier alpha value is -2.34. The molecule has 3 heterocycles. The average Bonchev–Trinajstić information content (AvgIpc) is 3.41. The Morgan fingerprint density at radius 3 is 2.81 bits per heavy atom. The van der Waals surface area contributed by atoms with Crippen molar-refractivity contribution in [3.05, 3.63) is 47.8 Å². The van der Waals surface area contributed by atoms with Crippen molar-refractivity contribution >= 4 is 6.09 Å². The van der Waals surface area contributed by atoms with Gasteiger partial charge >= 0.3 is 6.09 Å². The first-order valence-electron chi connectivity index (χ1n) is 10.00. The first-order chi connectivity index (χ1) is 13.2. The maximum Gasteiger partial charge on any atom is 0.410 e. The normalized spacial score (nSPS) is 26.0. The molecule has 27 heavy (non-hydrogen) atoms. The van der Waals surface area contributed by atoms with Crippen LogP contribution in [-0.4, -0.2) is 57.0 Å². The third kappa shape index (κ3) is 3.02. The van der Waals surface area contributed by atoms with E-state index < -0.39 is 0 Å². The molecule has 0 spiro atoms. The van der Waals surface area contributed by atoms with Crippen LogP contribution < -0.4 is 0 Å². The quantitative estimate of drug-likeness (QED) is 0.834. The summed E-state index contributed by atoms with van der Waals surface area (Å²) in [4.78, 5) is 16.8. The van der Waals surface area contributed by atoms with Crippen molar-refractivity contribution in [3.63, 3.8) is 0 Å². The predicted molar refractivity (Wildman–Crippen MR) is 102 cm³/mol. The number of hydrogen-bond acceptors (Lipinski definition) is 4. The largest absolute Gasteiger partial charge is 0.442 e. The number of ether oxygens (including phenoxy) is 1. The summed E-state index contributed by atoms with van der Waals surface area (Å²) in [7, 11) is 0. The third-order valence-electron chi connectivity index (χ3n) is 6.34. The Morgan fingerprint density at radius 2 is 2.07 bits per heavy atom. The van der Waals surface area contributed by atoms with Crippen molar-refractivity contribution < 1.29 is 9.53 Å². The molecule has 0 unspecified atom stereocenters. The average molecular weight is 366 g/mol. The van der Waals surface area contributed by atoms with Gasteiger partial charge in [0.2, 0.25) is 0 Å². The minimum absolute atomic E-state index is 0.0294. The number of likely N-dealkylation sites (tertiary alicyclic amines) is 1. The number of hydrogen-bond donors (Lipinski definition) is 0. The number of rotatable bonds is 4. The molecule has 1 aromatic carbocycles. The Balaban J connectivity index is 1.28. The van der Waals surface area contributed by atoms with Gasteiger partial charge in [0.05, 0.1) is 11.7 Å². The van der Waals surface area contributed by atoms with E-state index in [2.05, 4.69) is 40.0 Å². The van der Waals surface area contributed by atoms with Crippen molar-refractivity contribution in [1.29, 1.82) is 0 Å². The number of aromatic nitrogens is 2. The van der Waals surface area contributed by atoms with Gasteiger partial charge in [0, 0.05) is 38.1 Å². The van der Waals surface area contributed by atoms with Crippen LogP contribution in [0.2, 0.25) is 0 Å². The van der Waals surface area contributed by atoms with Gasteiger partial charge in [0.15, 0.2) is 0 Å². The second kappa shape index (κ2) is 6.68. The van der Waals surface area contributed by atoms with Crippen molar-refractivity contribution in [2.75, 3.05) is 13.1 Å². The highest BCUT2D eigenvalue weighted by Crippen LogP contribution is 2.35. The topological polar surface area (TPSA) is 50.6 Å². The summed E-state index contributed by atoms with van der Waals surface area (Å²) >= 11 is 0. The van der Waals surface area contributed by atoms with E-state index in [9.17, 15) is 4.79 Å². The number of amides is 1. The molecule has 142 valence electrons. The number of aryl methyl sites for hydroxylation is 1. The number of benzene rings is 1. The SMILES string of the molecule is Cc1cc(-n2cccn2)ccc1CN1C[C@@H]2OC(=O)N(C3CCCC3)[C@@H]2C1. The van der Waals surface area contributed by atoms with E-state index >= 15 is 0 Å². The van der Waals surface area contributed by atoms with Gasteiger partial charge < -0.3 is 4.74 Å². The summed E-state index contributed by atoms with van der Waals surface area (Å²) < 4.78 is 7.60. The molecule has 1 saturated carbocycles. The summed E-state index contributed by atoms with van der Waals surface area (Å²) in [5.41, 5.74) is 3.68. The highest BCUT2D eigenvalue weighted by Gasteiger charge is 2.50. The predicted octanol–water partition coefficient (Wildman–Crippen LogP) is 3.13. The third-order valence-corrected chi connectivity index (χ3v) is 6.34. The zero-order valence-corrected chi connectivity index (χ0v) is 15.8. The van der Waals surface area contributed by atoms with E-state index in [4.69, 9.17) is 4.74 Å². The molecule has 6 nitrogen and oxygen atoms in total. The first kappa shape index (κ1) is 16.8. The summed E-state index contributed by atoms with van der Waals surface area (Å²) in [5.74, 6) is 0. The lowest BCUT2D eigenvalue weighted by molar-refractivity contribution is 0.113. The molecule has 2 aromatic rings. The van der Waals surface area contributed by atoms with Gasteiger partial charge in [-0.05, 0) is 49.1 Å². The molecule has 5 rings (SSSR count). The summed E-state index contributed by atoms with van der Waals surface area (Å²) in [6.45, 7) is 4.80. The lowest BCUT2D eigenvalue weighted by Gasteiger charge is -2.28. The van der Waals surface area contributed by atoms with Crippen LogP contribution in [0.4, 0.5) is 4.79 Å². The summed E-state index contributed by atoms with van der Waals surface area (Å²) in [5, 5.41) is 4.30. The van der Waals surface area contributed by atoms with Crippen LogP contribution in [-0.2, 0) is 11.3 Å². The van der Waals surface area contributed by atoms with Crippen LogP contribution in [0, 0.1) is 6.92 Å². The smallest absolute Gasteiger partial charge is 0.410 e. The summed E-state index contributed by atoms with van der Waals surface area (Å²) in [6, 6.07) is 9.05. The zero-order chi connectivity index (χ0) is 18.4. The Labute approximate surface area is 159 Å². The van der Waals surface area contributed by atoms with Crippen molar-refractivity contribution in [1.82, 2.24) is 19.6 Å². The van der Waals surface area contributed by atoms with Gasteiger partial charge in [-0.1, -0.05) is 18.9 Å². The standard InChI is InChI=1S/C21H26N4O2/c1-15-11-18(24-10-4-9-22-24)8-7-16(15)12-23-13-19-20(14-23)27-21(26)25(19)17-5-2-3-6-17/h4,7-11,17,19-20H,2-3,5-6,12-14H2,1H3/t19-,20+/m1/s1. The Bertz CT molecular complexity index is 829. The van der Waals surface area contributed by atoms with Crippen LogP contribution in [0.15, 0.2) is 36.7 Å². The maximum atomic E-state index is 12.3. The van der Waals surface area contributed by atoms with Crippen LogP contribution in [0.5, 0.6) is 0 Å². The van der Waals surface area contributed by atoms with Crippen molar-refractivity contribution in [2.45, 2.75) is 57.3 Å². The molecular weight excluding hydrogens is 340 g/mol.